The van der Waals surface area contributed by atoms with Crippen molar-refractivity contribution in [1.82, 2.24) is 5.32 Å². The summed E-state index contributed by atoms with van der Waals surface area (Å²) in [6, 6.07) is 5.76. The van der Waals surface area contributed by atoms with Crippen LogP contribution in [0.5, 0.6) is 0 Å². The van der Waals surface area contributed by atoms with Crippen LogP contribution in [0.4, 0.5) is 0 Å². The molecule has 1 aromatic rings. The van der Waals surface area contributed by atoms with Gasteiger partial charge in [0.2, 0.25) is 5.91 Å². The van der Waals surface area contributed by atoms with E-state index in [1.165, 1.54) is 10.5 Å². The Kier molecular flexibility index (Phi) is 7.63. The predicted molar refractivity (Wildman–Crippen MR) is 89.5 cm³/mol. The van der Waals surface area contributed by atoms with E-state index in [1.54, 1.807) is 11.8 Å². The van der Waals surface area contributed by atoms with E-state index in [1.807, 2.05) is 27.0 Å². The zero-order chi connectivity index (χ0) is 14.6. The third-order valence-corrected chi connectivity index (χ3v) is 3.93. The molecule has 0 aliphatic heterocycles. The molecule has 1 aromatic carbocycles. The maximum atomic E-state index is 12.0. The first-order valence-electron chi connectivity index (χ1n) is 6.42. The summed E-state index contributed by atoms with van der Waals surface area (Å²) in [4.78, 5) is 13.2. The highest BCUT2D eigenvalue weighted by Gasteiger charge is 2.27. The number of nitrogens with two attached hydrogens (primary N) is 1. The van der Waals surface area contributed by atoms with Gasteiger partial charge in [-0.1, -0.05) is 32.9 Å². The summed E-state index contributed by atoms with van der Waals surface area (Å²) in [7, 11) is 0. The second-order valence-corrected chi connectivity index (χ2v) is 6.72. The van der Waals surface area contributed by atoms with Crippen molar-refractivity contribution >= 4 is 30.1 Å². The Morgan fingerprint density at radius 2 is 2.00 bits per heavy atom. The largest absolute Gasteiger partial charge is 0.351 e. The lowest BCUT2D eigenvalue weighted by atomic mass is 9.87. The van der Waals surface area contributed by atoms with Gasteiger partial charge in [0.1, 0.15) is 0 Å². The molecule has 0 aliphatic rings. The van der Waals surface area contributed by atoms with Gasteiger partial charge < -0.3 is 11.1 Å². The van der Waals surface area contributed by atoms with E-state index in [9.17, 15) is 4.79 Å². The zero-order valence-corrected chi connectivity index (χ0v) is 14.5. The van der Waals surface area contributed by atoms with Crippen molar-refractivity contribution in [2.24, 2.45) is 11.1 Å². The Morgan fingerprint density at radius 1 is 1.40 bits per heavy atom. The number of benzene rings is 1. The summed E-state index contributed by atoms with van der Waals surface area (Å²) >= 11 is 1.69. The minimum absolute atomic E-state index is 0. The van der Waals surface area contributed by atoms with E-state index in [0.29, 0.717) is 6.54 Å². The Balaban J connectivity index is 0.00000361. The summed E-state index contributed by atoms with van der Waals surface area (Å²) in [6.45, 7) is 8.50. The van der Waals surface area contributed by atoms with Crippen molar-refractivity contribution in [3.05, 3.63) is 29.3 Å². The average Bonchev–Trinajstić information content (AvgIpc) is 2.34. The van der Waals surface area contributed by atoms with Crippen LogP contribution in [-0.4, -0.2) is 18.2 Å². The van der Waals surface area contributed by atoms with Gasteiger partial charge in [-0.3, -0.25) is 4.79 Å². The van der Waals surface area contributed by atoms with Crippen LogP contribution in [0.15, 0.2) is 23.1 Å². The minimum atomic E-state index is -0.490. The molecule has 0 bridgehead atoms. The highest BCUT2D eigenvalue weighted by atomic mass is 35.5. The molecule has 0 saturated carbocycles. The number of carbonyl (C=O) groups is 1. The SMILES string of the molecule is CSc1cc(C)ccc1CNC(=O)[C@@H](N)C(C)(C)C.Cl. The molecular formula is C15H25ClN2OS. The smallest absolute Gasteiger partial charge is 0.237 e. The molecule has 3 nitrogen and oxygen atoms in total. The predicted octanol–water partition coefficient (Wildman–Crippen LogP) is 3.13. The van der Waals surface area contributed by atoms with E-state index in [2.05, 4.69) is 30.4 Å². The molecule has 5 heteroatoms. The van der Waals surface area contributed by atoms with E-state index in [-0.39, 0.29) is 23.7 Å². The third kappa shape index (κ3) is 5.35. The second kappa shape index (κ2) is 7.91. The Morgan fingerprint density at radius 3 is 2.50 bits per heavy atom. The van der Waals surface area contributed by atoms with Crippen molar-refractivity contribution < 1.29 is 4.79 Å². The number of halogens is 1. The molecule has 1 atom stereocenters. The van der Waals surface area contributed by atoms with E-state index in [4.69, 9.17) is 5.73 Å². The van der Waals surface area contributed by atoms with Gasteiger partial charge in [-0.25, -0.2) is 0 Å². The molecule has 0 saturated heterocycles. The number of carbonyl (C=O) groups excluding carboxylic acids is 1. The first-order chi connectivity index (χ1) is 8.75. The Hall–Kier alpha value is -0.710. The van der Waals surface area contributed by atoms with Crippen molar-refractivity contribution in [3.63, 3.8) is 0 Å². The number of amides is 1. The summed E-state index contributed by atoms with van der Waals surface area (Å²) < 4.78 is 0. The van der Waals surface area contributed by atoms with Gasteiger partial charge in [0.25, 0.3) is 0 Å². The average molecular weight is 317 g/mol. The Bertz CT molecular complexity index is 458. The van der Waals surface area contributed by atoms with Crippen LogP contribution in [-0.2, 0) is 11.3 Å². The standard InChI is InChI=1S/C15H24N2OS.ClH/c1-10-6-7-11(12(8-10)19-5)9-17-14(18)13(16)15(2,3)4;/h6-8,13H,9,16H2,1-5H3,(H,17,18);1H/t13-;/m1./s1. The molecular weight excluding hydrogens is 292 g/mol. The lowest BCUT2D eigenvalue weighted by Gasteiger charge is -2.26. The number of hydrogen-bond acceptors (Lipinski definition) is 3. The van der Waals surface area contributed by atoms with Gasteiger partial charge in [0, 0.05) is 11.4 Å². The first kappa shape index (κ1) is 19.3. The molecule has 0 aliphatic carbocycles. The molecule has 3 N–H and O–H groups in total. The molecule has 0 heterocycles. The summed E-state index contributed by atoms with van der Waals surface area (Å²) in [5.41, 5.74) is 8.07. The Labute approximate surface area is 132 Å². The normalized spacial score (nSPS) is 12.5. The van der Waals surface area contributed by atoms with Crippen molar-refractivity contribution in [3.8, 4) is 0 Å². The van der Waals surface area contributed by atoms with Crippen LogP contribution < -0.4 is 11.1 Å². The highest BCUT2D eigenvalue weighted by Crippen LogP contribution is 2.22. The van der Waals surface area contributed by atoms with E-state index < -0.39 is 6.04 Å². The molecule has 20 heavy (non-hydrogen) atoms. The van der Waals surface area contributed by atoms with Crippen molar-refractivity contribution in [2.45, 2.75) is 45.2 Å². The molecule has 0 unspecified atom stereocenters. The van der Waals surface area contributed by atoms with Crippen LogP contribution in [0.3, 0.4) is 0 Å². The number of nitrogens with one attached hydrogen (secondary N) is 1. The molecule has 1 rings (SSSR count). The van der Waals surface area contributed by atoms with Crippen LogP contribution in [0.1, 0.15) is 31.9 Å². The van der Waals surface area contributed by atoms with E-state index in [0.717, 1.165) is 5.56 Å². The maximum Gasteiger partial charge on any atom is 0.237 e. The first-order valence-corrected chi connectivity index (χ1v) is 7.65. The maximum absolute atomic E-state index is 12.0. The van der Waals surface area contributed by atoms with Gasteiger partial charge >= 0.3 is 0 Å². The van der Waals surface area contributed by atoms with Crippen LogP contribution in [0.25, 0.3) is 0 Å². The molecule has 1 amide bonds. The number of hydrogen-bond donors (Lipinski definition) is 2. The molecule has 0 spiro atoms. The minimum Gasteiger partial charge on any atom is -0.351 e. The highest BCUT2D eigenvalue weighted by molar-refractivity contribution is 7.98. The van der Waals surface area contributed by atoms with Crippen molar-refractivity contribution in [2.75, 3.05) is 6.26 Å². The number of aryl methyl sites for hydroxylation is 1. The third-order valence-electron chi connectivity index (χ3n) is 3.11. The number of rotatable bonds is 4. The van der Waals surface area contributed by atoms with Crippen molar-refractivity contribution in [1.29, 1.82) is 0 Å². The fourth-order valence-corrected chi connectivity index (χ4v) is 2.39. The van der Waals surface area contributed by atoms with Gasteiger partial charge in [0.05, 0.1) is 6.04 Å². The van der Waals surface area contributed by atoms with Crippen LogP contribution in [0, 0.1) is 12.3 Å². The van der Waals surface area contributed by atoms with Crippen LogP contribution >= 0.6 is 24.2 Å². The molecule has 114 valence electrons. The van der Waals surface area contributed by atoms with Gasteiger partial charge in [-0.05, 0) is 35.8 Å². The zero-order valence-electron chi connectivity index (χ0n) is 12.8. The second-order valence-electron chi connectivity index (χ2n) is 5.88. The molecule has 0 fully saturated rings. The fraction of sp³-hybridized carbons (Fsp3) is 0.533. The fourth-order valence-electron chi connectivity index (χ4n) is 1.68. The summed E-state index contributed by atoms with van der Waals surface area (Å²) in [5.74, 6) is -0.0971. The monoisotopic (exact) mass is 316 g/mol. The van der Waals surface area contributed by atoms with E-state index >= 15 is 0 Å². The van der Waals surface area contributed by atoms with Gasteiger partial charge in [0.15, 0.2) is 0 Å². The molecule has 0 radical (unpaired) electrons. The lowest BCUT2D eigenvalue weighted by molar-refractivity contribution is -0.124. The lowest BCUT2D eigenvalue weighted by Crippen LogP contribution is -2.48. The molecule has 0 aromatic heterocycles. The summed E-state index contributed by atoms with van der Waals surface area (Å²) in [5, 5.41) is 2.92. The quantitative estimate of drug-likeness (QED) is 0.839. The topological polar surface area (TPSA) is 55.1 Å². The van der Waals surface area contributed by atoms with Gasteiger partial charge in [-0.2, -0.15) is 0 Å². The van der Waals surface area contributed by atoms with Gasteiger partial charge in [-0.15, -0.1) is 24.2 Å². The number of thioether (sulfide) groups is 1. The summed E-state index contributed by atoms with van der Waals surface area (Å²) in [6.07, 6.45) is 2.04. The van der Waals surface area contributed by atoms with Crippen LogP contribution in [0.2, 0.25) is 0 Å².